The van der Waals surface area contributed by atoms with Gasteiger partial charge < -0.3 is 5.32 Å². The molecule has 0 spiro atoms. The second-order valence-corrected chi connectivity index (χ2v) is 5.12. The molecular formula is C18H23N. The molecule has 0 fully saturated rings. The molecule has 2 aromatic rings. The molecule has 1 unspecified atom stereocenters. The van der Waals surface area contributed by atoms with Gasteiger partial charge in [-0.25, -0.2) is 0 Å². The standard InChI is InChI=1S/C18H23N/c1-15-9-6-7-13-18(15)16(2)19-14-8-12-17-10-4-3-5-11-17/h3-7,9-11,13,16,19H,8,12,14H2,1-2H3. The Kier molecular flexibility index (Phi) is 5.17. The van der Waals surface area contributed by atoms with Crippen LogP contribution in [0, 0.1) is 6.92 Å². The highest BCUT2D eigenvalue weighted by molar-refractivity contribution is 5.28. The number of rotatable bonds is 6. The Hall–Kier alpha value is -1.60. The van der Waals surface area contributed by atoms with Crippen LogP contribution < -0.4 is 5.32 Å². The van der Waals surface area contributed by atoms with Crippen LogP contribution >= 0.6 is 0 Å². The number of benzene rings is 2. The second-order valence-electron chi connectivity index (χ2n) is 5.12. The fourth-order valence-electron chi connectivity index (χ4n) is 2.44. The van der Waals surface area contributed by atoms with Crippen molar-refractivity contribution in [3.05, 3.63) is 71.3 Å². The van der Waals surface area contributed by atoms with Crippen LogP contribution in [0.3, 0.4) is 0 Å². The zero-order chi connectivity index (χ0) is 13.5. The van der Waals surface area contributed by atoms with E-state index in [4.69, 9.17) is 0 Å². The maximum absolute atomic E-state index is 3.61. The van der Waals surface area contributed by atoms with Crippen molar-refractivity contribution in [2.45, 2.75) is 32.7 Å². The fourth-order valence-corrected chi connectivity index (χ4v) is 2.44. The third-order valence-corrected chi connectivity index (χ3v) is 3.59. The summed E-state index contributed by atoms with van der Waals surface area (Å²) in [5.74, 6) is 0. The van der Waals surface area contributed by atoms with Crippen molar-refractivity contribution in [3.63, 3.8) is 0 Å². The van der Waals surface area contributed by atoms with Gasteiger partial charge in [-0.1, -0.05) is 54.6 Å². The highest BCUT2D eigenvalue weighted by Crippen LogP contribution is 2.16. The van der Waals surface area contributed by atoms with E-state index >= 15 is 0 Å². The van der Waals surface area contributed by atoms with Crippen LogP contribution in [0.15, 0.2) is 54.6 Å². The molecule has 0 aliphatic heterocycles. The molecular weight excluding hydrogens is 230 g/mol. The van der Waals surface area contributed by atoms with Gasteiger partial charge >= 0.3 is 0 Å². The molecule has 19 heavy (non-hydrogen) atoms. The van der Waals surface area contributed by atoms with E-state index in [0.717, 1.165) is 13.0 Å². The van der Waals surface area contributed by atoms with Gasteiger partial charge in [0, 0.05) is 6.04 Å². The van der Waals surface area contributed by atoms with E-state index in [-0.39, 0.29) is 0 Å². The molecule has 2 rings (SSSR count). The molecule has 0 heterocycles. The Balaban J connectivity index is 1.76. The quantitative estimate of drug-likeness (QED) is 0.758. The SMILES string of the molecule is Cc1ccccc1C(C)NCCCc1ccccc1. The maximum Gasteiger partial charge on any atom is 0.0294 e. The van der Waals surface area contributed by atoms with Crippen LogP contribution in [-0.2, 0) is 6.42 Å². The molecule has 0 amide bonds. The zero-order valence-corrected chi connectivity index (χ0v) is 11.9. The van der Waals surface area contributed by atoms with Gasteiger partial charge in [-0.3, -0.25) is 0 Å². The molecule has 1 nitrogen and oxygen atoms in total. The van der Waals surface area contributed by atoms with Gasteiger partial charge in [0.1, 0.15) is 0 Å². The minimum absolute atomic E-state index is 0.428. The fraction of sp³-hybridized carbons (Fsp3) is 0.333. The van der Waals surface area contributed by atoms with Crippen LogP contribution in [0.25, 0.3) is 0 Å². The lowest BCUT2D eigenvalue weighted by molar-refractivity contribution is 0.556. The monoisotopic (exact) mass is 253 g/mol. The number of hydrogen-bond donors (Lipinski definition) is 1. The summed E-state index contributed by atoms with van der Waals surface area (Å²) < 4.78 is 0. The van der Waals surface area contributed by atoms with Crippen molar-refractivity contribution >= 4 is 0 Å². The predicted molar refractivity (Wildman–Crippen MR) is 82.4 cm³/mol. The molecule has 0 aliphatic carbocycles. The first kappa shape index (κ1) is 13.8. The summed E-state index contributed by atoms with van der Waals surface area (Å²) in [6.07, 6.45) is 2.33. The summed E-state index contributed by atoms with van der Waals surface area (Å²) in [6, 6.07) is 19.7. The zero-order valence-electron chi connectivity index (χ0n) is 11.9. The van der Waals surface area contributed by atoms with E-state index in [9.17, 15) is 0 Å². The lowest BCUT2D eigenvalue weighted by atomic mass is 10.0. The lowest BCUT2D eigenvalue weighted by Gasteiger charge is -2.16. The Morgan fingerprint density at radius 3 is 2.37 bits per heavy atom. The van der Waals surface area contributed by atoms with Gasteiger partial charge in [-0.15, -0.1) is 0 Å². The third kappa shape index (κ3) is 4.22. The first-order chi connectivity index (χ1) is 9.27. The van der Waals surface area contributed by atoms with E-state index in [1.165, 1.54) is 23.1 Å². The average molecular weight is 253 g/mol. The van der Waals surface area contributed by atoms with E-state index in [0.29, 0.717) is 6.04 Å². The van der Waals surface area contributed by atoms with Crippen LogP contribution in [0.1, 0.15) is 36.1 Å². The van der Waals surface area contributed by atoms with Crippen molar-refractivity contribution < 1.29 is 0 Å². The molecule has 0 bridgehead atoms. The minimum atomic E-state index is 0.428. The average Bonchev–Trinajstić information content (AvgIpc) is 2.45. The summed E-state index contributed by atoms with van der Waals surface area (Å²) in [5, 5.41) is 3.61. The molecule has 1 heteroatoms. The number of aryl methyl sites for hydroxylation is 2. The van der Waals surface area contributed by atoms with E-state index in [1.54, 1.807) is 0 Å². The van der Waals surface area contributed by atoms with Crippen molar-refractivity contribution in [2.24, 2.45) is 0 Å². The van der Waals surface area contributed by atoms with Gasteiger partial charge in [0.15, 0.2) is 0 Å². The Morgan fingerprint density at radius 2 is 1.63 bits per heavy atom. The lowest BCUT2D eigenvalue weighted by Crippen LogP contribution is -2.21. The normalized spacial score (nSPS) is 12.3. The van der Waals surface area contributed by atoms with Crippen LogP contribution in [0.5, 0.6) is 0 Å². The van der Waals surface area contributed by atoms with Crippen molar-refractivity contribution in [3.8, 4) is 0 Å². The highest BCUT2D eigenvalue weighted by Gasteiger charge is 2.06. The van der Waals surface area contributed by atoms with E-state index in [2.05, 4.69) is 73.8 Å². The summed E-state index contributed by atoms with van der Waals surface area (Å²) >= 11 is 0. The summed E-state index contributed by atoms with van der Waals surface area (Å²) in [7, 11) is 0. The molecule has 2 aromatic carbocycles. The molecule has 0 aromatic heterocycles. The van der Waals surface area contributed by atoms with E-state index in [1.807, 2.05) is 0 Å². The van der Waals surface area contributed by atoms with Crippen LogP contribution in [-0.4, -0.2) is 6.54 Å². The Labute approximate surface area is 116 Å². The molecule has 1 atom stereocenters. The maximum atomic E-state index is 3.61. The molecule has 0 radical (unpaired) electrons. The predicted octanol–water partition coefficient (Wildman–Crippen LogP) is 4.28. The topological polar surface area (TPSA) is 12.0 Å². The summed E-state index contributed by atoms with van der Waals surface area (Å²) in [6.45, 7) is 5.48. The largest absolute Gasteiger partial charge is 0.310 e. The molecule has 0 saturated heterocycles. The van der Waals surface area contributed by atoms with Gasteiger partial charge in [-0.05, 0) is 49.9 Å². The van der Waals surface area contributed by atoms with Crippen molar-refractivity contribution in [2.75, 3.05) is 6.54 Å². The summed E-state index contributed by atoms with van der Waals surface area (Å²) in [5.41, 5.74) is 4.20. The van der Waals surface area contributed by atoms with E-state index < -0.39 is 0 Å². The van der Waals surface area contributed by atoms with Gasteiger partial charge in [0.05, 0.1) is 0 Å². The first-order valence-corrected chi connectivity index (χ1v) is 7.10. The van der Waals surface area contributed by atoms with Gasteiger partial charge in [-0.2, -0.15) is 0 Å². The first-order valence-electron chi connectivity index (χ1n) is 7.10. The number of nitrogens with one attached hydrogen (secondary N) is 1. The molecule has 1 N–H and O–H groups in total. The van der Waals surface area contributed by atoms with Crippen molar-refractivity contribution in [1.29, 1.82) is 0 Å². The number of hydrogen-bond acceptors (Lipinski definition) is 1. The van der Waals surface area contributed by atoms with Gasteiger partial charge in [0.25, 0.3) is 0 Å². The second kappa shape index (κ2) is 7.10. The van der Waals surface area contributed by atoms with Crippen LogP contribution in [0.2, 0.25) is 0 Å². The third-order valence-electron chi connectivity index (χ3n) is 3.59. The highest BCUT2D eigenvalue weighted by atomic mass is 14.9. The molecule has 0 aliphatic rings. The smallest absolute Gasteiger partial charge is 0.0294 e. The Morgan fingerprint density at radius 1 is 0.947 bits per heavy atom. The van der Waals surface area contributed by atoms with Crippen molar-refractivity contribution in [1.82, 2.24) is 5.32 Å². The molecule has 100 valence electrons. The minimum Gasteiger partial charge on any atom is -0.310 e. The van der Waals surface area contributed by atoms with Gasteiger partial charge in [0.2, 0.25) is 0 Å². The Bertz CT molecular complexity index is 490. The molecule has 0 saturated carbocycles. The summed E-state index contributed by atoms with van der Waals surface area (Å²) in [4.78, 5) is 0. The van der Waals surface area contributed by atoms with Crippen LogP contribution in [0.4, 0.5) is 0 Å².